The van der Waals surface area contributed by atoms with Crippen molar-refractivity contribution in [2.24, 2.45) is 0 Å². The molecule has 0 fully saturated rings. The van der Waals surface area contributed by atoms with Crippen LogP contribution in [0.25, 0.3) is 0 Å². The molecule has 0 aliphatic heterocycles. The highest BCUT2D eigenvalue weighted by molar-refractivity contribution is 6.29. The number of allylic oxidation sites excluding steroid dienone is 1. The van der Waals surface area contributed by atoms with Gasteiger partial charge in [0.25, 0.3) is 0 Å². The second-order valence-electron chi connectivity index (χ2n) is 0.648. The molecule has 0 bridgehead atoms. The van der Waals surface area contributed by atoms with Crippen LogP contribution in [0.15, 0.2) is 11.4 Å². The van der Waals surface area contributed by atoms with E-state index in [9.17, 15) is 4.39 Å². The van der Waals surface area contributed by atoms with E-state index in [0.717, 1.165) is 6.08 Å². The minimum Gasteiger partial charge on any atom is -0.194 e. The Morgan fingerprint density at radius 1 is 1.83 bits per heavy atom. The zero-order valence-electron chi connectivity index (χ0n) is 2.92. The van der Waals surface area contributed by atoms with Crippen molar-refractivity contribution in [3.63, 3.8) is 0 Å². The first-order valence-electron chi connectivity index (χ1n) is 1.34. The largest absolute Gasteiger partial charge is 0.194 e. The SMILES string of the molecule is F/C(Cl)=C/CCl. The molecular weight excluding hydrogens is 126 g/mol. The number of rotatable bonds is 1. The number of hydrogen-bond donors (Lipinski definition) is 0. The van der Waals surface area contributed by atoms with E-state index in [-0.39, 0.29) is 5.88 Å². The molecule has 0 unspecified atom stereocenters. The molecule has 0 heterocycles. The molecule has 0 saturated carbocycles. The molecule has 0 saturated heterocycles. The van der Waals surface area contributed by atoms with Crippen molar-refractivity contribution >= 4 is 23.2 Å². The average molecular weight is 129 g/mol. The highest BCUT2D eigenvalue weighted by Crippen LogP contribution is 2.00. The lowest BCUT2D eigenvalue weighted by molar-refractivity contribution is 0.693. The molecule has 0 spiro atoms. The van der Waals surface area contributed by atoms with Crippen molar-refractivity contribution in [2.75, 3.05) is 5.88 Å². The van der Waals surface area contributed by atoms with Crippen molar-refractivity contribution in [3.05, 3.63) is 11.4 Å². The topological polar surface area (TPSA) is 0 Å². The standard InChI is InChI=1S/C3H3Cl2F/c4-2-1-3(5)6/h1H,2H2/b3-1+. The van der Waals surface area contributed by atoms with Gasteiger partial charge in [-0.05, 0) is 6.08 Å². The lowest BCUT2D eigenvalue weighted by Gasteiger charge is -1.71. The molecule has 3 heteroatoms. The van der Waals surface area contributed by atoms with Gasteiger partial charge in [0, 0.05) is 5.88 Å². The van der Waals surface area contributed by atoms with Crippen molar-refractivity contribution in [3.8, 4) is 0 Å². The van der Waals surface area contributed by atoms with Gasteiger partial charge in [0.2, 0.25) is 0 Å². The van der Waals surface area contributed by atoms with Crippen LogP contribution >= 0.6 is 23.2 Å². The van der Waals surface area contributed by atoms with E-state index in [1.54, 1.807) is 0 Å². The Hall–Kier alpha value is 0.250. The molecule has 6 heavy (non-hydrogen) atoms. The summed E-state index contributed by atoms with van der Waals surface area (Å²) < 4.78 is 11.2. The number of halogens is 3. The molecule has 0 aromatic rings. The molecule has 0 amide bonds. The monoisotopic (exact) mass is 128 g/mol. The molecule has 0 aliphatic rings. The Kier molecular flexibility index (Phi) is 3.58. The van der Waals surface area contributed by atoms with Crippen molar-refractivity contribution in [1.82, 2.24) is 0 Å². The Balaban J connectivity index is 3.14. The van der Waals surface area contributed by atoms with Crippen LogP contribution in [0.1, 0.15) is 0 Å². The zero-order valence-corrected chi connectivity index (χ0v) is 4.43. The van der Waals surface area contributed by atoms with Crippen molar-refractivity contribution in [2.45, 2.75) is 0 Å². The molecule has 0 aromatic carbocycles. The molecular formula is C3H3Cl2F. The summed E-state index contributed by atoms with van der Waals surface area (Å²) in [7, 11) is 0. The van der Waals surface area contributed by atoms with Crippen molar-refractivity contribution in [1.29, 1.82) is 0 Å². The van der Waals surface area contributed by atoms with Gasteiger partial charge in [0.05, 0.1) is 0 Å². The van der Waals surface area contributed by atoms with Crippen LogP contribution < -0.4 is 0 Å². The van der Waals surface area contributed by atoms with Gasteiger partial charge in [-0.2, -0.15) is 4.39 Å². The van der Waals surface area contributed by atoms with Crippen LogP contribution in [0.5, 0.6) is 0 Å². The highest BCUT2D eigenvalue weighted by atomic mass is 35.5. The molecule has 0 radical (unpaired) electrons. The van der Waals surface area contributed by atoms with Crippen LogP contribution in [-0.2, 0) is 0 Å². The lowest BCUT2D eigenvalue weighted by atomic mass is 10.7. The second-order valence-corrected chi connectivity index (χ2v) is 1.32. The van der Waals surface area contributed by atoms with Gasteiger partial charge in [-0.1, -0.05) is 11.6 Å². The Morgan fingerprint density at radius 2 is 2.33 bits per heavy atom. The van der Waals surface area contributed by atoms with Crippen LogP contribution in [-0.4, -0.2) is 5.88 Å². The summed E-state index contributed by atoms with van der Waals surface area (Å²) in [4.78, 5) is 0. The quantitative estimate of drug-likeness (QED) is 0.476. The predicted molar refractivity (Wildman–Crippen MR) is 25.8 cm³/mol. The van der Waals surface area contributed by atoms with Gasteiger partial charge in [-0.3, -0.25) is 0 Å². The van der Waals surface area contributed by atoms with E-state index in [2.05, 4.69) is 11.6 Å². The van der Waals surface area contributed by atoms with Gasteiger partial charge in [-0.15, -0.1) is 11.6 Å². The maximum Gasteiger partial charge on any atom is 0.186 e. The summed E-state index contributed by atoms with van der Waals surface area (Å²) in [6.07, 6.45) is 1.07. The molecule has 0 nitrogen and oxygen atoms in total. The third-order valence-electron chi connectivity index (χ3n) is 0.231. The van der Waals surface area contributed by atoms with Crippen LogP contribution in [0.3, 0.4) is 0 Å². The average Bonchev–Trinajstić information content (AvgIpc) is 1.35. The fourth-order valence-electron chi connectivity index (χ4n) is 0.0583. The smallest absolute Gasteiger partial charge is 0.186 e. The molecule has 0 N–H and O–H groups in total. The van der Waals surface area contributed by atoms with Gasteiger partial charge in [0.1, 0.15) is 0 Å². The van der Waals surface area contributed by atoms with E-state index in [0.29, 0.717) is 0 Å². The summed E-state index contributed by atoms with van der Waals surface area (Å²) in [6.45, 7) is 0. The van der Waals surface area contributed by atoms with Gasteiger partial charge < -0.3 is 0 Å². The summed E-state index contributed by atoms with van der Waals surface area (Å²) in [5.74, 6) is 0.134. The summed E-state index contributed by atoms with van der Waals surface area (Å²) in [5, 5.41) is -0.745. The lowest BCUT2D eigenvalue weighted by Crippen LogP contribution is -1.57. The summed E-state index contributed by atoms with van der Waals surface area (Å²) in [5.41, 5.74) is 0. The van der Waals surface area contributed by atoms with Crippen LogP contribution in [0.4, 0.5) is 4.39 Å². The number of alkyl halides is 1. The minimum atomic E-state index is -0.745. The van der Waals surface area contributed by atoms with Gasteiger partial charge in [0.15, 0.2) is 5.29 Å². The fourth-order valence-corrected chi connectivity index (χ4v) is 0.350. The first kappa shape index (κ1) is 6.25. The van der Waals surface area contributed by atoms with Crippen LogP contribution in [0.2, 0.25) is 0 Å². The van der Waals surface area contributed by atoms with Crippen LogP contribution in [0, 0.1) is 0 Å². The fraction of sp³-hybridized carbons (Fsp3) is 0.333. The molecule has 0 aromatic heterocycles. The van der Waals surface area contributed by atoms with E-state index in [4.69, 9.17) is 11.6 Å². The predicted octanol–water partition coefficient (Wildman–Crippen LogP) is 2.27. The normalized spacial score (nSPS) is 12.2. The highest BCUT2D eigenvalue weighted by Gasteiger charge is 1.77. The maximum atomic E-state index is 11.2. The van der Waals surface area contributed by atoms with E-state index >= 15 is 0 Å². The Labute approximate surface area is 45.6 Å². The molecule has 0 atom stereocenters. The third-order valence-corrected chi connectivity index (χ3v) is 0.540. The Bertz CT molecular complexity index is 55.8. The van der Waals surface area contributed by atoms with E-state index in [1.807, 2.05) is 0 Å². The zero-order chi connectivity index (χ0) is 4.99. The summed E-state index contributed by atoms with van der Waals surface area (Å²) >= 11 is 9.68. The van der Waals surface area contributed by atoms with E-state index in [1.165, 1.54) is 0 Å². The Morgan fingerprint density at radius 3 is 2.33 bits per heavy atom. The van der Waals surface area contributed by atoms with Crippen molar-refractivity contribution < 1.29 is 4.39 Å². The van der Waals surface area contributed by atoms with E-state index < -0.39 is 5.29 Å². The third kappa shape index (κ3) is 4.25. The minimum absolute atomic E-state index is 0.134. The first-order valence-corrected chi connectivity index (χ1v) is 2.25. The van der Waals surface area contributed by atoms with Gasteiger partial charge in [-0.25, -0.2) is 0 Å². The maximum absolute atomic E-state index is 11.2. The second kappa shape index (κ2) is 3.44. The molecule has 0 rings (SSSR count). The molecule has 0 aliphatic carbocycles. The van der Waals surface area contributed by atoms with Gasteiger partial charge >= 0.3 is 0 Å². The number of hydrogen-bond acceptors (Lipinski definition) is 0. The first-order chi connectivity index (χ1) is 2.77. The summed E-state index contributed by atoms with van der Waals surface area (Å²) in [6, 6.07) is 0. The molecule has 36 valence electrons.